The van der Waals surface area contributed by atoms with E-state index in [4.69, 9.17) is 19.9 Å². The lowest BCUT2D eigenvalue weighted by molar-refractivity contribution is 0.104. The molecule has 0 aliphatic heterocycles. The van der Waals surface area contributed by atoms with Gasteiger partial charge in [0.25, 0.3) is 0 Å². The molecule has 0 aliphatic carbocycles. The molecule has 0 fully saturated rings. The van der Waals surface area contributed by atoms with Gasteiger partial charge in [0.15, 0.2) is 0 Å². The van der Waals surface area contributed by atoms with E-state index in [1.807, 2.05) is 12.1 Å². The Bertz CT molecular complexity index is 951. The Balaban J connectivity index is 1.85. The molecule has 1 aromatic heterocycles. The number of rotatable bonds is 7. The first-order valence-corrected chi connectivity index (χ1v) is 8.94. The molecule has 1 heterocycles. The molecule has 0 aliphatic rings. The van der Waals surface area contributed by atoms with E-state index in [9.17, 15) is 4.79 Å². The molecule has 3 aromatic rings. The van der Waals surface area contributed by atoms with E-state index in [1.54, 1.807) is 57.7 Å². The third-order valence-electron chi connectivity index (χ3n) is 3.99. The average Bonchev–Trinajstić information content (AvgIpc) is 3.07. The van der Waals surface area contributed by atoms with Crippen LogP contribution in [0.4, 0.5) is 16.4 Å². The molecule has 0 bridgehead atoms. The highest BCUT2D eigenvalue weighted by Gasteiger charge is 2.17. The van der Waals surface area contributed by atoms with E-state index in [-0.39, 0.29) is 5.78 Å². The molecule has 6 nitrogen and oxygen atoms in total. The summed E-state index contributed by atoms with van der Waals surface area (Å²) >= 11 is 1.29. The van der Waals surface area contributed by atoms with Crippen LogP contribution in [0.15, 0.2) is 48.5 Å². The molecule has 3 N–H and O–H groups in total. The Hall–Kier alpha value is -3.19. The minimum Gasteiger partial charge on any atom is -0.497 e. The van der Waals surface area contributed by atoms with Crippen LogP contribution in [-0.2, 0) is 0 Å². The van der Waals surface area contributed by atoms with Gasteiger partial charge in [0.1, 0.15) is 22.1 Å². The van der Waals surface area contributed by atoms with Crippen molar-refractivity contribution >= 4 is 33.5 Å². The summed E-state index contributed by atoms with van der Waals surface area (Å²) in [6.07, 6.45) is 0. The van der Waals surface area contributed by atoms with E-state index in [1.165, 1.54) is 11.3 Å². The van der Waals surface area contributed by atoms with Gasteiger partial charge in [0.2, 0.25) is 5.78 Å². The summed E-state index contributed by atoms with van der Waals surface area (Å²) in [5.41, 5.74) is 7.81. The summed E-state index contributed by atoms with van der Waals surface area (Å²) in [4.78, 5) is 13.2. The molecule has 0 atom stereocenters. The number of carbonyl (C=O) groups is 1. The van der Waals surface area contributed by atoms with Crippen molar-refractivity contribution in [1.82, 2.24) is 0 Å². The Morgan fingerprint density at radius 2 is 1.59 bits per heavy atom. The lowest BCUT2D eigenvalue weighted by Crippen LogP contribution is -2.01. The number of hydrogen-bond acceptors (Lipinski definition) is 7. The number of carbonyl (C=O) groups excluding carboxylic acids is 1. The molecule has 0 radical (unpaired) electrons. The quantitative estimate of drug-likeness (QED) is 0.590. The Labute approximate surface area is 161 Å². The fraction of sp³-hybridized carbons (Fsp3) is 0.150. The van der Waals surface area contributed by atoms with Crippen molar-refractivity contribution in [3.8, 4) is 17.2 Å². The van der Waals surface area contributed by atoms with E-state index < -0.39 is 0 Å². The number of thiophene rings is 1. The fourth-order valence-corrected chi connectivity index (χ4v) is 3.51. The molecule has 2 aromatic carbocycles. The minimum absolute atomic E-state index is 0.130. The second-order valence-electron chi connectivity index (χ2n) is 5.64. The maximum Gasteiger partial charge on any atom is 0.205 e. The molecule has 0 amide bonds. The molecule has 27 heavy (non-hydrogen) atoms. The largest absolute Gasteiger partial charge is 0.497 e. The van der Waals surface area contributed by atoms with Crippen LogP contribution in [0.5, 0.6) is 17.2 Å². The van der Waals surface area contributed by atoms with E-state index in [0.717, 1.165) is 10.7 Å². The zero-order chi connectivity index (χ0) is 19.4. The summed E-state index contributed by atoms with van der Waals surface area (Å²) in [5.74, 6) is 1.89. The first-order valence-electron chi connectivity index (χ1n) is 8.12. The van der Waals surface area contributed by atoms with Crippen LogP contribution < -0.4 is 25.3 Å². The standard InChI is InChI=1S/C20H20N2O4S/c1-24-13-6-4-12(5-7-13)19(23)20-15(21)11-18(27-20)22-16-9-8-14(25-2)10-17(16)26-3/h4-11,22H,21H2,1-3H3. The van der Waals surface area contributed by atoms with Gasteiger partial charge in [0, 0.05) is 11.6 Å². The predicted molar refractivity (Wildman–Crippen MR) is 108 cm³/mol. The second kappa shape index (κ2) is 8.01. The number of methoxy groups -OCH3 is 3. The summed E-state index contributed by atoms with van der Waals surface area (Å²) < 4.78 is 15.7. The number of ether oxygens (including phenoxy) is 3. The number of benzene rings is 2. The zero-order valence-corrected chi connectivity index (χ0v) is 16.1. The average molecular weight is 384 g/mol. The minimum atomic E-state index is -0.130. The number of nitrogen functional groups attached to an aromatic ring is 1. The van der Waals surface area contributed by atoms with Crippen LogP contribution >= 0.6 is 11.3 Å². The van der Waals surface area contributed by atoms with Gasteiger partial charge in [-0.2, -0.15) is 0 Å². The Kier molecular flexibility index (Phi) is 5.52. The third kappa shape index (κ3) is 3.98. The van der Waals surface area contributed by atoms with Gasteiger partial charge >= 0.3 is 0 Å². The topological polar surface area (TPSA) is 82.8 Å². The highest BCUT2D eigenvalue weighted by molar-refractivity contribution is 7.18. The number of nitrogens with one attached hydrogen (secondary N) is 1. The van der Waals surface area contributed by atoms with Crippen molar-refractivity contribution in [2.24, 2.45) is 0 Å². The van der Waals surface area contributed by atoms with Gasteiger partial charge < -0.3 is 25.3 Å². The molecular weight excluding hydrogens is 364 g/mol. The van der Waals surface area contributed by atoms with Crippen LogP contribution in [0.3, 0.4) is 0 Å². The van der Waals surface area contributed by atoms with Crippen molar-refractivity contribution in [2.45, 2.75) is 0 Å². The van der Waals surface area contributed by atoms with Gasteiger partial charge in [-0.3, -0.25) is 4.79 Å². The van der Waals surface area contributed by atoms with E-state index in [0.29, 0.717) is 33.4 Å². The smallest absolute Gasteiger partial charge is 0.205 e. The maximum absolute atomic E-state index is 12.8. The predicted octanol–water partition coefficient (Wildman–Crippen LogP) is 4.33. The van der Waals surface area contributed by atoms with E-state index >= 15 is 0 Å². The third-order valence-corrected chi connectivity index (χ3v) is 5.05. The molecule has 140 valence electrons. The summed E-state index contributed by atoms with van der Waals surface area (Å²) in [6, 6.07) is 14.1. The SMILES string of the molecule is COc1ccc(C(=O)c2sc(Nc3ccc(OC)cc3OC)cc2N)cc1. The van der Waals surface area contributed by atoms with Crippen LogP contribution in [-0.4, -0.2) is 27.1 Å². The highest BCUT2D eigenvalue weighted by Crippen LogP contribution is 2.37. The molecule has 0 unspecified atom stereocenters. The Morgan fingerprint density at radius 3 is 2.22 bits per heavy atom. The van der Waals surface area contributed by atoms with Crippen molar-refractivity contribution in [1.29, 1.82) is 0 Å². The molecule has 0 saturated heterocycles. The first-order chi connectivity index (χ1) is 13.0. The molecular formula is C20H20N2O4S. The first kappa shape index (κ1) is 18.6. The lowest BCUT2D eigenvalue weighted by atomic mass is 10.1. The van der Waals surface area contributed by atoms with Crippen molar-refractivity contribution < 1.29 is 19.0 Å². The second-order valence-corrected chi connectivity index (χ2v) is 6.70. The van der Waals surface area contributed by atoms with Crippen molar-refractivity contribution in [3.05, 3.63) is 59.0 Å². The highest BCUT2D eigenvalue weighted by atomic mass is 32.1. The number of anilines is 3. The van der Waals surface area contributed by atoms with E-state index in [2.05, 4.69) is 5.32 Å². The van der Waals surface area contributed by atoms with Crippen LogP contribution in [0, 0.1) is 0 Å². The van der Waals surface area contributed by atoms with Crippen LogP contribution in [0.25, 0.3) is 0 Å². The fourth-order valence-electron chi connectivity index (χ4n) is 2.55. The summed E-state index contributed by atoms with van der Waals surface area (Å²) in [5, 5.41) is 3.99. The van der Waals surface area contributed by atoms with Gasteiger partial charge in [-0.1, -0.05) is 0 Å². The van der Waals surface area contributed by atoms with Crippen LogP contribution in [0.2, 0.25) is 0 Å². The summed E-state index contributed by atoms with van der Waals surface area (Å²) in [7, 11) is 4.76. The molecule has 0 saturated carbocycles. The zero-order valence-electron chi connectivity index (χ0n) is 15.2. The Morgan fingerprint density at radius 1 is 0.926 bits per heavy atom. The number of nitrogens with two attached hydrogens (primary N) is 1. The van der Waals surface area contributed by atoms with Crippen LogP contribution in [0.1, 0.15) is 15.2 Å². The monoisotopic (exact) mass is 384 g/mol. The normalized spacial score (nSPS) is 10.3. The number of ketones is 1. The van der Waals surface area contributed by atoms with Crippen molar-refractivity contribution in [3.63, 3.8) is 0 Å². The van der Waals surface area contributed by atoms with Gasteiger partial charge in [0.05, 0.1) is 37.7 Å². The van der Waals surface area contributed by atoms with Gasteiger partial charge in [-0.05, 0) is 42.5 Å². The maximum atomic E-state index is 12.8. The number of hydrogen-bond donors (Lipinski definition) is 2. The van der Waals surface area contributed by atoms with Gasteiger partial charge in [-0.15, -0.1) is 11.3 Å². The molecule has 0 spiro atoms. The molecule has 3 rings (SSSR count). The van der Waals surface area contributed by atoms with Crippen molar-refractivity contribution in [2.75, 3.05) is 32.4 Å². The summed E-state index contributed by atoms with van der Waals surface area (Å²) in [6.45, 7) is 0. The lowest BCUT2D eigenvalue weighted by Gasteiger charge is -2.11. The molecule has 7 heteroatoms. The van der Waals surface area contributed by atoms with Gasteiger partial charge in [-0.25, -0.2) is 0 Å².